The van der Waals surface area contributed by atoms with E-state index < -0.39 is 10.0 Å². The SMILES string of the molecule is Cc1ccc(S(=O)(=O)N2CCC3CCC(C2)N3)cc1C. The van der Waals surface area contributed by atoms with Crippen LogP contribution < -0.4 is 5.32 Å². The number of hydrogen-bond donors (Lipinski definition) is 1. The Labute approximate surface area is 121 Å². The molecule has 0 saturated carbocycles. The lowest BCUT2D eigenvalue weighted by Crippen LogP contribution is -2.39. The van der Waals surface area contributed by atoms with Gasteiger partial charge in [0, 0.05) is 25.2 Å². The lowest BCUT2D eigenvalue weighted by atomic mass is 10.1. The van der Waals surface area contributed by atoms with Gasteiger partial charge in [0.25, 0.3) is 0 Å². The zero-order valence-electron chi connectivity index (χ0n) is 12.1. The maximum absolute atomic E-state index is 12.8. The van der Waals surface area contributed by atoms with Crippen LogP contribution in [0.15, 0.2) is 23.1 Å². The van der Waals surface area contributed by atoms with Gasteiger partial charge in [-0.25, -0.2) is 8.42 Å². The number of benzene rings is 1. The summed E-state index contributed by atoms with van der Waals surface area (Å²) in [6.07, 6.45) is 3.19. The molecule has 2 aliphatic rings. The summed E-state index contributed by atoms with van der Waals surface area (Å²) in [6, 6.07) is 6.24. The van der Waals surface area contributed by atoms with Gasteiger partial charge in [0.05, 0.1) is 4.90 Å². The number of nitrogens with one attached hydrogen (secondary N) is 1. The standard InChI is InChI=1S/C15H22N2O2S/c1-11-3-6-15(9-12(11)2)20(18,19)17-8-7-13-4-5-14(10-17)16-13/h3,6,9,13-14,16H,4-5,7-8,10H2,1-2H3. The Kier molecular flexibility index (Phi) is 3.60. The molecule has 110 valence electrons. The summed E-state index contributed by atoms with van der Waals surface area (Å²) in [5.74, 6) is 0. The van der Waals surface area contributed by atoms with E-state index in [1.165, 1.54) is 6.42 Å². The van der Waals surface area contributed by atoms with Gasteiger partial charge in [0.1, 0.15) is 0 Å². The topological polar surface area (TPSA) is 49.4 Å². The van der Waals surface area contributed by atoms with Crippen molar-refractivity contribution < 1.29 is 8.42 Å². The van der Waals surface area contributed by atoms with E-state index >= 15 is 0 Å². The fourth-order valence-electron chi connectivity index (χ4n) is 3.15. The lowest BCUT2D eigenvalue weighted by molar-refractivity contribution is 0.383. The number of aryl methyl sites for hydroxylation is 2. The first-order valence-electron chi connectivity index (χ1n) is 7.30. The second kappa shape index (κ2) is 5.13. The van der Waals surface area contributed by atoms with Gasteiger partial charge in [0.15, 0.2) is 0 Å². The summed E-state index contributed by atoms with van der Waals surface area (Å²) in [4.78, 5) is 0.429. The van der Waals surface area contributed by atoms with Crippen molar-refractivity contribution in [1.29, 1.82) is 0 Å². The molecule has 2 bridgehead atoms. The van der Waals surface area contributed by atoms with E-state index in [9.17, 15) is 8.42 Å². The molecule has 0 aromatic heterocycles. The van der Waals surface area contributed by atoms with Gasteiger partial charge in [-0.2, -0.15) is 4.31 Å². The van der Waals surface area contributed by atoms with E-state index in [1.807, 2.05) is 19.9 Å². The van der Waals surface area contributed by atoms with Crippen LogP contribution in [-0.4, -0.2) is 37.9 Å². The molecule has 0 spiro atoms. The van der Waals surface area contributed by atoms with Crippen molar-refractivity contribution >= 4 is 10.0 Å². The van der Waals surface area contributed by atoms with Gasteiger partial charge in [-0.05, 0) is 56.4 Å². The highest BCUT2D eigenvalue weighted by Crippen LogP contribution is 2.25. The van der Waals surface area contributed by atoms with Crippen molar-refractivity contribution in [2.45, 2.75) is 50.1 Å². The number of sulfonamides is 1. The average molecular weight is 294 g/mol. The van der Waals surface area contributed by atoms with E-state index in [0.29, 0.717) is 30.1 Å². The Balaban J connectivity index is 1.89. The highest BCUT2D eigenvalue weighted by Gasteiger charge is 2.34. The molecule has 1 aromatic rings. The fraction of sp³-hybridized carbons (Fsp3) is 0.600. The van der Waals surface area contributed by atoms with E-state index in [1.54, 1.807) is 16.4 Å². The van der Waals surface area contributed by atoms with Crippen LogP contribution in [-0.2, 0) is 10.0 Å². The summed E-state index contributed by atoms with van der Waals surface area (Å²) >= 11 is 0. The Bertz CT molecular complexity index is 612. The summed E-state index contributed by atoms with van der Waals surface area (Å²) in [7, 11) is -3.35. The largest absolute Gasteiger partial charge is 0.310 e. The summed E-state index contributed by atoms with van der Waals surface area (Å²) in [5, 5.41) is 3.52. The quantitative estimate of drug-likeness (QED) is 0.905. The minimum absolute atomic E-state index is 0.323. The van der Waals surface area contributed by atoms with Crippen LogP contribution in [0.3, 0.4) is 0 Å². The molecule has 2 aliphatic heterocycles. The third-order valence-electron chi connectivity index (χ3n) is 4.60. The second-order valence-corrected chi connectivity index (χ2v) is 7.97. The Hall–Kier alpha value is -0.910. The minimum atomic E-state index is -3.35. The van der Waals surface area contributed by atoms with Crippen molar-refractivity contribution in [3.63, 3.8) is 0 Å². The van der Waals surface area contributed by atoms with E-state index in [2.05, 4.69) is 5.32 Å². The van der Waals surface area contributed by atoms with Gasteiger partial charge in [0.2, 0.25) is 10.0 Å². The molecule has 1 N–H and O–H groups in total. The smallest absolute Gasteiger partial charge is 0.243 e. The predicted octanol–water partition coefficient (Wildman–Crippen LogP) is 1.82. The van der Waals surface area contributed by atoms with Crippen LogP contribution in [0.5, 0.6) is 0 Å². The highest BCUT2D eigenvalue weighted by molar-refractivity contribution is 7.89. The summed E-state index contributed by atoms with van der Waals surface area (Å²) in [6.45, 7) is 5.19. The number of rotatable bonds is 2. The molecule has 2 fully saturated rings. The lowest BCUT2D eigenvalue weighted by Gasteiger charge is -2.24. The second-order valence-electron chi connectivity index (χ2n) is 6.04. The summed E-state index contributed by atoms with van der Waals surface area (Å²) in [5.41, 5.74) is 2.15. The van der Waals surface area contributed by atoms with E-state index in [0.717, 1.165) is 24.0 Å². The third kappa shape index (κ3) is 2.50. The average Bonchev–Trinajstić information content (AvgIpc) is 2.71. The normalized spacial score (nSPS) is 27.5. The molecule has 2 unspecified atom stereocenters. The Morgan fingerprint density at radius 3 is 2.60 bits per heavy atom. The first-order chi connectivity index (χ1) is 9.46. The van der Waals surface area contributed by atoms with Crippen LogP contribution in [0.25, 0.3) is 0 Å². The van der Waals surface area contributed by atoms with Gasteiger partial charge in [-0.15, -0.1) is 0 Å². The first kappa shape index (κ1) is 14.0. The predicted molar refractivity (Wildman–Crippen MR) is 79.2 cm³/mol. The Morgan fingerprint density at radius 2 is 1.85 bits per heavy atom. The Morgan fingerprint density at radius 1 is 1.10 bits per heavy atom. The van der Waals surface area contributed by atoms with Crippen LogP contribution >= 0.6 is 0 Å². The van der Waals surface area contributed by atoms with Crippen LogP contribution in [0.2, 0.25) is 0 Å². The number of nitrogens with zero attached hydrogens (tertiary/aromatic N) is 1. The third-order valence-corrected chi connectivity index (χ3v) is 6.46. The molecule has 0 amide bonds. The molecule has 5 heteroatoms. The molecular formula is C15H22N2O2S. The molecule has 2 heterocycles. The molecule has 0 aliphatic carbocycles. The van der Waals surface area contributed by atoms with Gasteiger partial charge in [-0.3, -0.25) is 0 Å². The van der Waals surface area contributed by atoms with Crippen LogP contribution in [0.4, 0.5) is 0 Å². The van der Waals surface area contributed by atoms with Crippen molar-refractivity contribution in [3.8, 4) is 0 Å². The minimum Gasteiger partial charge on any atom is -0.310 e. The van der Waals surface area contributed by atoms with Crippen molar-refractivity contribution in [2.75, 3.05) is 13.1 Å². The van der Waals surface area contributed by atoms with Crippen molar-refractivity contribution in [2.24, 2.45) is 0 Å². The van der Waals surface area contributed by atoms with Gasteiger partial charge >= 0.3 is 0 Å². The monoisotopic (exact) mass is 294 g/mol. The molecule has 4 nitrogen and oxygen atoms in total. The number of fused-ring (bicyclic) bond motifs is 2. The van der Waals surface area contributed by atoms with Crippen LogP contribution in [0, 0.1) is 13.8 Å². The summed E-state index contributed by atoms with van der Waals surface area (Å²) < 4.78 is 27.2. The van der Waals surface area contributed by atoms with Crippen molar-refractivity contribution in [3.05, 3.63) is 29.3 Å². The molecule has 0 radical (unpaired) electrons. The molecule has 1 aromatic carbocycles. The highest BCUT2D eigenvalue weighted by atomic mass is 32.2. The van der Waals surface area contributed by atoms with Gasteiger partial charge in [-0.1, -0.05) is 6.07 Å². The van der Waals surface area contributed by atoms with Gasteiger partial charge < -0.3 is 5.32 Å². The van der Waals surface area contributed by atoms with E-state index in [4.69, 9.17) is 0 Å². The fourth-order valence-corrected chi connectivity index (χ4v) is 4.74. The zero-order valence-corrected chi connectivity index (χ0v) is 12.9. The van der Waals surface area contributed by atoms with E-state index in [-0.39, 0.29) is 0 Å². The zero-order chi connectivity index (χ0) is 14.3. The molecular weight excluding hydrogens is 272 g/mol. The van der Waals surface area contributed by atoms with Crippen LogP contribution in [0.1, 0.15) is 30.4 Å². The molecule has 2 saturated heterocycles. The number of hydrogen-bond acceptors (Lipinski definition) is 3. The molecule has 20 heavy (non-hydrogen) atoms. The first-order valence-corrected chi connectivity index (χ1v) is 8.74. The molecule has 2 atom stereocenters. The maximum atomic E-state index is 12.8. The van der Waals surface area contributed by atoms with Crippen molar-refractivity contribution in [1.82, 2.24) is 9.62 Å². The maximum Gasteiger partial charge on any atom is 0.243 e. The molecule has 3 rings (SSSR count).